The molecular formula is C31H43N5O2. The molecule has 0 unspecified atom stereocenters. The molecule has 38 heavy (non-hydrogen) atoms. The molecule has 204 valence electrons. The first-order valence-electron chi connectivity index (χ1n) is 14.5. The number of fused-ring (bicyclic) bond motifs is 1. The maximum absolute atomic E-state index is 12.6. The lowest BCUT2D eigenvalue weighted by atomic mass is 9.92. The first-order chi connectivity index (χ1) is 18.5. The Morgan fingerprint density at radius 1 is 1.00 bits per heavy atom. The number of piperidine rings is 1. The van der Waals surface area contributed by atoms with E-state index in [9.17, 15) is 4.79 Å². The molecule has 0 bridgehead atoms. The Hall–Kier alpha value is -2.90. The van der Waals surface area contributed by atoms with Gasteiger partial charge in [0.2, 0.25) is 0 Å². The standard InChI is InChI=1S/C31H43N5O2/c1-24(2)11-17-36-29-22-30(32-23-26(29)5-10-31(36)37)33-27-6-8-28(9-7-27)35-15-12-25(13-16-35)4-3-14-34-18-20-38-21-19-34/h5-10,22-25H,3-4,11-21H2,1-2H3,(H,32,33). The van der Waals surface area contributed by atoms with E-state index in [-0.39, 0.29) is 5.56 Å². The lowest BCUT2D eigenvalue weighted by molar-refractivity contribution is 0.0365. The van der Waals surface area contributed by atoms with E-state index in [1.807, 2.05) is 22.9 Å². The lowest BCUT2D eigenvalue weighted by Gasteiger charge is -2.34. The first kappa shape index (κ1) is 26.7. The molecule has 0 spiro atoms. The maximum Gasteiger partial charge on any atom is 0.251 e. The minimum Gasteiger partial charge on any atom is -0.379 e. The van der Waals surface area contributed by atoms with Crippen molar-refractivity contribution in [2.24, 2.45) is 11.8 Å². The van der Waals surface area contributed by atoms with Crippen molar-refractivity contribution >= 4 is 28.1 Å². The molecule has 2 aliphatic rings. The minimum atomic E-state index is 0.0422. The summed E-state index contributed by atoms with van der Waals surface area (Å²) >= 11 is 0. The van der Waals surface area contributed by atoms with E-state index in [0.717, 1.165) is 80.7 Å². The predicted octanol–water partition coefficient (Wildman–Crippen LogP) is 5.52. The number of rotatable bonds is 10. The van der Waals surface area contributed by atoms with Crippen LogP contribution in [-0.2, 0) is 11.3 Å². The minimum absolute atomic E-state index is 0.0422. The molecule has 4 heterocycles. The highest BCUT2D eigenvalue weighted by Crippen LogP contribution is 2.28. The summed E-state index contributed by atoms with van der Waals surface area (Å²) in [5, 5.41) is 4.42. The monoisotopic (exact) mass is 517 g/mol. The van der Waals surface area contributed by atoms with Gasteiger partial charge >= 0.3 is 0 Å². The van der Waals surface area contributed by atoms with E-state index in [2.05, 4.69) is 58.2 Å². The molecule has 7 nitrogen and oxygen atoms in total. The Morgan fingerprint density at radius 3 is 2.50 bits per heavy atom. The van der Waals surface area contributed by atoms with Crippen LogP contribution in [0.3, 0.4) is 0 Å². The zero-order chi connectivity index (χ0) is 26.3. The number of morpholine rings is 1. The fourth-order valence-electron chi connectivity index (χ4n) is 5.69. The van der Waals surface area contributed by atoms with Crippen LogP contribution in [0.2, 0.25) is 0 Å². The van der Waals surface area contributed by atoms with Crippen LogP contribution in [-0.4, -0.2) is 60.4 Å². The summed E-state index contributed by atoms with van der Waals surface area (Å²) in [4.78, 5) is 22.2. The Morgan fingerprint density at radius 2 is 1.76 bits per heavy atom. The van der Waals surface area contributed by atoms with E-state index < -0.39 is 0 Å². The summed E-state index contributed by atoms with van der Waals surface area (Å²) < 4.78 is 7.33. The fraction of sp³-hybridized carbons (Fsp3) is 0.548. The number of hydrogen-bond donors (Lipinski definition) is 1. The molecule has 3 aromatic rings. The van der Waals surface area contributed by atoms with Gasteiger partial charge in [-0.3, -0.25) is 9.69 Å². The Balaban J connectivity index is 1.14. The Bertz CT molecular complexity index is 1230. The van der Waals surface area contributed by atoms with Gasteiger partial charge in [-0.1, -0.05) is 13.8 Å². The van der Waals surface area contributed by atoms with Gasteiger partial charge in [0, 0.05) is 67.8 Å². The highest BCUT2D eigenvalue weighted by atomic mass is 16.5. The molecule has 1 aromatic carbocycles. The Labute approximate surface area is 226 Å². The third-order valence-electron chi connectivity index (χ3n) is 8.11. The van der Waals surface area contributed by atoms with Gasteiger partial charge in [-0.2, -0.15) is 0 Å². The summed E-state index contributed by atoms with van der Waals surface area (Å²) in [7, 11) is 0. The van der Waals surface area contributed by atoms with Crippen molar-refractivity contribution in [3.8, 4) is 0 Å². The van der Waals surface area contributed by atoms with Gasteiger partial charge < -0.3 is 19.5 Å². The number of aromatic nitrogens is 2. The summed E-state index contributed by atoms with van der Waals surface area (Å²) in [5.74, 6) is 2.15. The molecule has 2 aliphatic heterocycles. The van der Waals surface area contributed by atoms with Gasteiger partial charge in [0.05, 0.1) is 18.7 Å². The van der Waals surface area contributed by atoms with Crippen LogP contribution in [0.15, 0.2) is 53.5 Å². The van der Waals surface area contributed by atoms with Gasteiger partial charge in [-0.25, -0.2) is 4.98 Å². The summed E-state index contributed by atoms with van der Waals surface area (Å²) in [5.41, 5.74) is 3.27. The molecule has 2 saturated heterocycles. The highest BCUT2D eigenvalue weighted by Gasteiger charge is 2.20. The molecule has 0 amide bonds. The second kappa shape index (κ2) is 12.8. The van der Waals surface area contributed by atoms with Gasteiger partial charge in [0.1, 0.15) is 5.82 Å². The van der Waals surface area contributed by atoms with E-state index >= 15 is 0 Å². The van der Waals surface area contributed by atoms with Crippen molar-refractivity contribution in [3.63, 3.8) is 0 Å². The van der Waals surface area contributed by atoms with Crippen LogP contribution in [0.4, 0.5) is 17.2 Å². The van der Waals surface area contributed by atoms with Crippen molar-refractivity contribution < 1.29 is 4.74 Å². The van der Waals surface area contributed by atoms with Crippen LogP contribution in [0.5, 0.6) is 0 Å². The lowest BCUT2D eigenvalue weighted by Crippen LogP contribution is -2.37. The van der Waals surface area contributed by atoms with Crippen LogP contribution in [0.1, 0.15) is 46.0 Å². The number of nitrogens with one attached hydrogen (secondary N) is 1. The second-order valence-corrected chi connectivity index (χ2v) is 11.3. The van der Waals surface area contributed by atoms with E-state index in [4.69, 9.17) is 4.74 Å². The van der Waals surface area contributed by atoms with Crippen LogP contribution >= 0.6 is 0 Å². The van der Waals surface area contributed by atoms with Gasteiger partial charge in [0.25, 0.3) is 5.56 Å². The third-order valence-corrected chi connectivity index (χ3v) is 8.11. The average molecular weight is 518 g/mol. The molecule has 2 fully saturated rings. The molecule has 2 aromatic heterocycles. The van der Waals surface area contributed by atoms with Crippen molar-refractivity contribution in [2.45, 2.75) is 52.5 Å². The molecule has 0 aliphatic carbocycles. The SMILES string of the molecule is CC(C)CCn1c(=O)ccc2cnc(Nc3ccc(N4CCC(CCCN5CCOCC5)CC4)cc3)cc21. The molecule has 7 heteroatoms. The topological polar surface area (TPSA) is 62.6 Å². The van der Waals surface area contributed by atoms with Gasteiger partial charge in [-0.05, 0) is 80.8 Å². The van der Waals surface area contributed by atoms with Crippen molar-refractivity contribution in [1.82, 2.24) is 14.5 Å². The predicted molar refractivity (Wildman–Crippen MR) is 157 cm³/mol. The maximum atomic E-state index is 12.6. The number of hydrogen-bond acceptors (Lipinski definition) is 6. The fourth-order valence-corrected chi connectivity index (χ4v) is 5.69. The number of ether oxygens (including phenoxy) is 1. The van der Waals surface area contributed by atoms with Gasteiger partial charge in [-0.15, -0.1) is 0 Å². The van der Waals surface area contributed by atoms with Crippen LogP contribution in [0, 0.1) is 11.8 Å². The second-order valence-electron chi connectivity index (χ2n) is 11.3. The van der Waals surface area contributed by atoms with E-state index in [1.165, 1.54) is 37.9 Å². The number of nitrogens with zero attached hydrogens (tertiary/aromatic N) is 4. The van der Waals surface area contributed by atoms with Crippen LogP contribution < -0.4 is 15.8 Å². The number of pyridine rings is 2. The first-order valence-corrected chi connectivity index (χ1v) is 14.5. The largest absolute Gasteiger partial charge is 0.379 e. The van der Waals surface area contributed by atoms with E-state index in [1.54, 1.807) is 6.07 Å². The smallest absolute Gasteiger partial charge is 0.251 e. The molecule has 5 rings (SSSR count). The van der Waals surface area contributed by atoms with Crippen molar-refractivity contribution in [2.75, 3.05) is 56.2 Å². The van der Waals surface area contributed by atoms with Crippen LogP contribution in [0.25, 0.3) is 10.9 Å². The van der Waals surface area contributed by atoms with Gasteiger partial charge in [0.15, 0.2) is 0 Å². The molecule has 0 radical (unpaired) electrons. The summed E-state index contributed by atoms with van der Waals surface area (Å²) in [6.07, 6.45) is 8.03. The number of benzene rings is 1. The quantitative estimate of drug-likeness (QED) is 0.382. The summed E-state index contributed by atoms with van der Waals surface area (Å²) in [6, 6.07) is 14.2. The number of aryl methyl sites for hydroxylation is 1. The normalized spacial score (nSPS) is 17.4. The summed E-state index contributed by atoms with van der Waals surface area (Å²) in [6.45, 7) is 12.6. The third kappa shape index (κ3) is 6.94. The van der Waals surface area contributed by atoms with E-state index in [0.29, 0.717) is 5.92 Å². The zero-order valence-corrected chi connectivity index (χ0v) is 23.1. The molecule has 1 N–H and O–H groups in total. The molecule has 0 saturated carbocycles. The van der Waals surface area contributed by atoms with Crippen molar-refractivity contribution in [3.05, 3.63) is 59.0 Å². The highest BCUT2D eigenvalue weighted by molar-refractivity contribution is 5.81. The zero-order valence-electron chi connectivity index (χ0n) is 23.1. The average Bonchev–Trinajstić information content (AvgIpc) is 2.94. The molecular weight excluding hydrogens is 474 g/mol. The Kier molecular flexibility index (Phi) is 8.97. The van der Waals surface area contributed by atoms with Crippen molar-refractivity contribution in [1.29, 1.82) is 0 Å². The number of anilines is 3. The molecule has 0 atom stereocenters.